The summed E-state index contributed by atoms with van der Waals surface area (Å²) in [6.45, 7) is 0.870. The summed E-state index contributed by atoms with van der Waals surface area (Å²) in [5.74, 6) is -0.0450. The van der Waals surface area contributed by atoms with Crippen molar-refractivity contribution in [1.82, 2.24) is 10.3 Å². The van der Waals surface area contributed by atoms with Crippen LogP contribution in [-0.4, -0.2) is 29.1 Å². The molecule has 1 heterocycles. The van der Waals surface area contributed by atoms with E-state index >= 15 is 0 Å². The van der Waals surface area contributed by atoms with E-state index in [0.717, 1.165) is 30.2 Å². The first-order valence-corrected chi connectivity index (χ1v) is 6.28. The third-order valence-electron chi connectivity index (χ3n) is 2.95. The van der Waals surface area contributed by atoms with E-state index in [1.165, 1.54) is 0 Å². The fourth-order valence-corrected chi connectivity index (χ4v) is 1.97. The van der Waals surface area contributed by atoms with Gasteiger partial charge in [0.25, 0.3) is 5.91 Å². The van der Waals surface area contributed by atoms with Gasteiger partial charge in [0.1, 0.15) is 0 Å². The Morgan fingerprint density at radius 3 is 2.89 bits per heavy atom. The number of unbranched alkanes of at least 4 members (excludes halogenated alkanes) is 2. The molecule has 2 aromatic rings. The molecule has 0 atom stereocenters. The molecule has 0 aliphatic rings. The normalized spacial score (nSPS) is 10.7. The average Bonchev–Trinajstić information content (AvgIpc) is 2.82. The summed E-state index contributed by atoms with van der Waals surface area (Å²) in [5, 5.41) is 12.5. The second-order valence-corrected chi connectivity index (χ2v) is 4.29. The highest BCUT2D eigenvalue weighted by Gasteiger charge is 2.10. The molecule has 0 saturated heterocycles. The summed E-state index contributed by atoms with van der Waals surface area (Å²) in [5.41, 5.74) is 1.66. The van der Waals surface area contributed by atoms with Crippen LogP contribution >= 0.6 is 0 Å². The second kappa shape index (κ2) is 6.21. The van der Waals surface area contributed by atoms with E-state index in [1.807, 2.05) is 24.3 Å². The molecule has 0 radical (unpaired) electrons. The molecule has 0 aliphatic carbocycles. The van der Waals surface area contributed by atoms with Gasteiger partial charge in [-0.2, -0.15) is 0 Å². The van der Waals surface area contributed by atoms with Crippen molar-refractivity contribution >= 4 is 16.8 Å². The SMILES string of the molecule is O=C(NCCCCCO)c1c[nH]c2ccccc12. The zero-order valence-electron chi connectivity index (χ0n) is 10.3. The summed E-state index contributed by atoms with van der Waals surface area (Å²) in [6, 6.07) is 7.75. The molecule has 0 bridgehead atoms. The lowest BCUT2D eigenvalue weighted by atomic mass is 10.1. The lowest BCUT2D eigenvalue weighted by molar-refractivity contribution is 0.0954. The van der Waals surface area contributed by atoms with Crippen LogP contribution in [0.1, 0.15) is 29.6 Å². The molecule has 0 saturated carbocycles. The maximum atomic E-state index is 12.0. The summed E-state index contributed by atoms with van der Waals surface area (Å²) in [4.78, 5) is 15.1. The predicted molar refractivity (Wildman–Crippen MR) is 71.6 cm³/mol. The van der Waals surface area contributed by atoms with Crippen LogP contribution in [-0.2, 0) is 0 Å². The molecule has 2 rings (SSSR count). The fraction of sp³-hybridized carbons (Fsp3) is 0.357. The summed E-state index contributed by atoms with van der Waals surface area (Å²) >= 11 is 0. The zero-order valence-corrected chi connectivity index (χ0v) is 10.3. The zero-order chi connectivity index (χ0) is 12.8. The molecule has 1 aromatic heterocycles. The van der Waals surface area contributed by atoms with Crippen LogP contribution in [0.2, 0.25) is 0 Å². The topological polar surface area (TPSA) is 65.1 Å². The van der Waals surface area contributed by atoms with Crippen LogP contribution in [0.3, 0.4) is 0 Å². The Kier molecular flexibility index (Phi) is 4.36. The van der Waals surface area contributed by atoms with Crippen LogP contribution in [0, 0.1) is 0 Å². The molecular weight excluding hydrogens is 228 g/mol. The van der Waals surface area contributed by atoms with Gasteiger partial charge in [0, 0.05) is 30.3 Å². The van der Waals surface area contributed by atoms with Gasteiger partial charge in [-0.15, -0.1) is 0 Å². The van der Waals surface area contributed by atoms with Gasteiger partial charge in [0.15, 0.2) is 0 Å². The fourth-order valence-electron chi connectivity index (χ4n) is 1.97. The van der Waals surface area contributed by atoms with E-state index in [-0.39, 0.29) is 12.5 Å². The number of hydrogen-bond acceptors (Lipinski definition) is 2. The van der Waals surface area contributed by atoms with Gasteiger partial charge < -0.3 is 15.4 Å². The van der Waals surface area contributed by atoms with E-state index < -0.39 is 0 Å². The number of hydrogen-bond donors (Lipinski definition) is 3. The van der Waals surface area contributed by atoms with Gasteiger partial charge in [-0.05, 0) is 25.3 Å². The van der Waals surface area contributed by atoms with Crippen molar-refractivity contribution in [1.29, 1.82) is 0 Å². The van der Waals surface area contributed by atoms with Crippen LogP contribution < -0.4 is 5.32 Å². The third-order valence-corrected chi connectivity index (χ3v) is 2.95. The van der Waals surface area contributed by atoms with Crippen LogP contribution in [0.25, 0.3) is 10.9 Å². The van der Waals surface area contributed by atoms with Crippen molar-refractivity contribution in [3.63, 3.8) is 0 Å². The minimum absolute atomic E-state index is 0.0450. The summed E-state index contributed by atoms with van der Waals surface area (Å²) in [7, 11) is 0. The number of fused-ring (bicyclic) bond motifs is 1. The Morgan fingerprint density at radius 1 is 1.22 bits per heavy atom. The summed E-state index contributed by atoms with van der Waals surface area (Å²) < 4.78 is 0. The van der Waals surface area contributed by atoms with Crippen molar-refractivity contribution in [3.05, 3.63) is 36.0 Å². The van der Waals surface area contributed by atoms with Crippen molar-refractivity contribution in [3.8, 4) is 0 Å². The number of carbonyl (C=O) groups excluding carboxylic acids is 1. The van der Waals surface area contributed by atoms with E-state index in [9.17, 15) is 4.79 Å². The Morgan fingerprint density at radius 2 is 2.06 bits per heavy atom. The maximum Gasteiger partial charge on any atom is 0.253 e. The standard InChI is InChI=1S/C14H18N2O2/c17-9-5-1-4-8-15-14(18)12-10-16-13-7-3-2-6-11(12)13/h2-3,6-7,10,16-17H,1,4-5,8-9H2,(H,15,18). The highest BCUT2D eigenvalue weighted by Crippen LogP contribution is 2.17. The van der Waals surface area contributed by atoms with E-state index in [4.69, 9.17) is 5.11 Å². The molecule has 0 aliphatic heterocycles. The third kappa shape index (κ3) is 2.90. The molecular formula is C14H18N2O2. The van der Waals surface area contributed by atoms with Crippen LogP contribution in [0.4, 0.5) is 0 Å². The number of benzene rings is 1. The number of para-hydroxylation sites is 1. The van der Waals surface area contributed by atoms with Crippen LogP contribution in [0.15, 0.2) is 30.5 Å². The summed E-state index contributed by atoms with van der Waals surface area (Å²) in [6.07, 6.45) is 4.37. The molecule has 1 amide bonds. The Labute approximate surface area is 106 Å². The first-order valence-electron chi connectivity index (χ1n) is 6.28. The Hall–Kier alpha value is -1.81. The molecule has 0 fully saturated rings. The first-order chi connectivity index (χ1) is 8.83. The van der Waals surface area contributed by atoms with Crippen molar-refractivity contribution in [2.75, 3.05) is 13.2 Å². The molecule has 3 N–H and O–H groups in total. The van der Waals surface area contributed by atoms with Crippen molar-refractivity contribution in [2.24, 2.45) is 0 Å². The number of aliphatic hydroxyl groups is 1. The Bertz CT molecular complexity index is 519. The number of aromatic nitrogens is 1. The number of rotatable bonds is 6. The van der Waals surface area contributed by atoms with Crippen LogP contribution in [0.5, 0.6) is 0 Å². The van der Waals surface area contributed by atoms with E-state index in [0.29, 0.717) is 12.1 Å². The largest absolute Gasteiger partial charge is 0.396 e. The van der Waals surface area contributed by atoms with Gasteiger partial charge in [0.2, 0.25) is 0 Å². The van der Waals surface area contributed by atoms with E-state index in [2.05, 4.69) is 10.3 Å². The number of H-pyrrole nitrogens is 1. The minimum atomic E-state index is -0.0450. The molecule has 4 heteroatoms. The smallest absolute Gasteiger partial charge is 0.253 e. The van der Waals surface area contributed by atoms with Gasteiger partial charge in [0.05, 0.1) is 5.56 Å². The lowest BCUT2D eigenvalue weighted by Gasteiger charge is -2.03. The maximum absolute atomic E-state index is 12.0. The quantitative estimate of drug-likeness (QED) is 0.683. The highest BCUT2D eigenvalue weighted by atomic mass is 16.2. The number of nitrogens with one attached hydrogen (secondary N) is 2. The van der Waals surface area contributed by atoms with Gasteiger partial charge in [-0.1, -0.05) is 18.2 Å². The Balaban J connectivity index is 1.93. The molecule has 18 heavy (non-hydrogen) atoms. The van der Waals surface area contributed by atoms with E-state index in [1.54, 1.807) is 6.20 Å². The van der Waals surface area contributed by atoms with Gasteiger partial charge in [-0.3, -0.25) is 4.79 Å². The molecule has 0 spiro atoms. The first kappa shape index (κ1) is 12.6. The van der Waals surface area contributed by atoms with Crippen molar-refractivity contribution < 1.29 is 9.90 Å². The number of aliphatic hydroxyl groups excluding tert-OH is 1. The molecule has 1 aromatic carbocycles. The number of amides is 1. The second-order valence-electron chi connectivity index (χ2n) is 4.29. The molecule has 96 valence electrons. The lowest BCUT2D eigenvalue weighted by Crippen LogP contribution is -2.24. The number of carbonyl (C=O) groups is 1. The molecule has 4 nitrogen and oxygen atoms in total. The van der Waals surface area contributed by atoms with Gasteiger partial charge >= 0.3 is 0 Å². The van der Waals surface area contributed by atoms with Gasteiger partial charge in [-0.25, -0.2) is 0 Å². The predicted octanol–water partition coefficient (Wildman–Crippen LogP) is 2.06. The monoisotopic (exact) mass is 246 g/mol. The van der Waals surface area contributed by atoms with Crippen molar-refractivity contribution in [2.45, 2.75) is 19.3 Å². The molecule has 0 unspecified atom stereocenters. The average molecular weight is 246 g/mol. The number of aromatic amines is 1. The minimum Gasteiger partial charge on any atom is -0.396 e. The highest BCUT2D eigenvalue weighted by molar-refractivity contribution is 6.06.